The molecule has 0 aromatic heterocycles. The molecule has 1 aliphatic heterocycles. The SMILES string of the molecule is CC1(C)CO[Si](C)(C(C)(C)C)OC1. The van der Waals surface area contributed by atoms with Crippen LogP contribution >= 0.6 is 0 Å². The van der Waals surface area contributed by atoms with Crippen LogP contribution in [0, 0.1) is 5.41 Å². The largest absolute Gasteiger partial charge is 0.393 e. The molecule has 0 saturated carbocycles. The van der Waals surface area contributed by atoms with E-state index in [-0.39, 0.29) is 10.5 Å². The smallest absolute Gasteiger partial charge is 0.340 e. The van der Waals surface area contributed by atoms with E-state index in [0.717, 1.165) is 13.2 Å². The highest BCUT2D eigenvalue weighted by molar-refractivity contribution is 6.69. The molecule has 1 aliphatic rings. The third-order valence-electron chi connectivity index (χ3n) is 2.84. The van der Waals surface area contributed by atoms with Gasteiger partial charge >= 0.3 is 8.56 Å². The van der Waals surface area contributed by atoms with Gasteiger partial charge in [0.15, 0.2) is 0 Å². The van der Waals surface area contributed by atoms with E-state index in [2.05, 4.69) is 41.2 Å². The first kappa shape index (κ1) is 11.2. The van der Waals surface area contributed by atoms with Crippen molar-refractivity contribution in [3.05, 3.63) is 0 Å². The van der Waals surface area contributed by atoms with Crippen LogP contribution < -0.4 is 0 Å². The van der Waals surface area contributed by atoms with Crippen molar-refractivity contribution in [1.29, 1.82) is 0 Å². The van der Waals surface area contributed by atoms with E-state index in [0.29, 0.717) is 0 Å². The van der Waals surface area contributed by atoms with Crippen LogP contribution in [-0.2, 0) is 8.85 Å². The summed E-state index contributed by atoms with van der Waals surface area (Å²) in [5.74, 6) is 0. The number of hydrogen-bond donors (Lipinski definition) is 0. The summed E-state index contributed by atoms with van der Waals surface area (Å²) in [7, 11) is -1.93. The van der Waals surface area contributed by atoms with Gasteiger partial charge < -0.3 is 8.85 Å². The van der Waals surface area contributed by atoms with E-state index >= 15 is 0 Å². The Bertz CT molecular complexity index is 184. The molecule has 13 heavy (non-hydrogen) atoms. The third kappa shape index (κ3) is 2.33. The van der Waals surface area contributed by atoms with Gasteiger partial charge in [-0.1, -0.05) is 34.6 Å². The van der Waals surface area contributed by atoms with Crippen LogP contribution in [0.4, 0.5) is 0 Å². The van der Waals surface area contributed by atoms with E-state index < -0.39 is 8.56 Å². The normalized spacial score (nSPS) is 27.2. The molecule has 1 rings (SSSR count). The first-order valence-corrected chi connectivity index (χ1v) is 7.26. The molecular weight excluding hydrogens is 180 g/mol. The summed E-state index contributed by atoms with van der Waals surface area (Å²) in [5.41, 5.74) is 0.192. The lowest BCUT2D eigenvalue weighted by molar-refractivity contribution is 0.00436. The molecule has 0 unspecified atom stereocenters. The Balaban J connectivity index is 2.68. The quantitative estimate of drug-likeness (QED) is 0.562. The molecule has 78 valence electrons. The zero-order valence-electron chi connectivity index (χ0n) is 9.73. The van der Waals surface area contributed by atoms with Crippen molar-refractivity contribution in [3.8, 4) is 0 Å². The molecule has 0 N–H and O–H groups in total. The summed E-state index contributed by atoms with van der Waals surface area (Å²) >= 11 is 0. The fraction of sp³-hybridized carbons (Fsp3) is 1.00. The van der Waals surface area contributed by atoms with Crippen molar-refractivity contribution in [2.24, 2.45) is 5.41 Å². The lowest BCUT2D eigenvalue weighted by Crippen LogP contribution is -2.55. The average Bonchev–Trinajstić information content (AvgIpc) is 1.94. The summed E-state index contributed by atoms with van der Waals surface area (Å²) in [4.78, 5) is 0. The van der Waals surface area contributed by atoms with E-state index in [4.69, 9.17) is 8.85 Å². The fourth-order valence-electron chi connectivity index (χ4n) is 1.18. The second-order valence-electron chi connectivity index (χ2n) is 5.94. The molecule has 1 heterocycles. The van der Waals surface area contributed by atoms with Crippen LogP contribution in [0.3, 0.4) is 0 Å². The summed E-state index contributed by atoms with van der Waals surface area (Å²) < 4.78 is 11.9. The standard InChI is InChI=1S/C10H22O2Si/c1-9(2,3)13(6)11-7-10(4,5)8-12-13/h7-8H2,1-6H3. The van der Waals surface area contributed by atoms with Crippen LogP contribution in [-0.4, -0.2) is 21.8 Å². The molecule has 0 atom stereocenters. The molecule has 0 aliphatic carbocycles. The monoisotopic (exact) mass is 202 g/mol. The minimum Gasteiger partial charge on any atom is -0.393 e. The Labute approximate surface area is 82.9 Å². The van der Waals surface area contributed by atoms with E-state index in [1.807, 2.05) is 0 Å². The van der Waals surface area contributed by atoms with Crippen LogP contribution in [0.25, 0.3) is 0 Å². The molecule has 0 spiro atoms. The highest BCUT2D eigenvalue weighted by Gasteiger charge is 2.49. The van der Waals surface area contributed by atoms with Gasteiger partial charge in [-0.15, -0.1) is 0 Å². The summed E-state index contributed by atoms with van der Waals surface area (Å²) in [5, 5.41) is 0.170. The number of rotatable bonds is 0. The topological polar surface area (TPSA) is 18.5 Å². The Hall–Kier alpha value is 0.137. The van der Waals surface area contributed by atoms with Gasteiger partial charge in [-0.2, -0.15) is 0 Å². The van der Waals surface area contributed by atoms with Gasteiger partial charge in [-0.3, -0.25) is 0 Å². The zero-order valence-corrected chi connectivity index (χ0v) is 10.7. The Morgan fingerprint density at radius 3 is 1.77 bits per heavy atom. The van der Waals surface area contributed by atoms with Crippen molar-refractivity contribution in [1.82, 2.24) is 0 Å². The van der Waals surface area contributed by atoms with E-state index in [1.165, 1.54) is 0 Å². The van der Waals surface area contributed by atoms with Crippen LogP contribution in [0.15, 0.2) is 0 Å². The Morgan fingerprint density at radius 1 is 1.08 bits per heavy atom. The Morgan fingerprint density at radius 2 is 1.46 bits per heavy atom. The zero-order chi connectivity index (χ0) is 10.3. The first-order valence-electron chi connectivity index (χ1n) is 4.94. The van der Waals surface area contributed by atoms with Gasteiger partial charge in [-0.05, 0) is 6.55 Å². The molecular formula is C10H22O2Si. The summed E-state index contributed by atoms with van der Waals surface area (Å²) in [6.07, 6.45) is 0. The summed E-state index contributed by atoms with van der Waals surface area (Å²) in [6, 6.07) is 0. The molecule has 1 saturated heterocycles. The van der Waals surface area contributed by atoms with Gasteiger partial charge in [-0.25, -0.2) is 0 Å². The van der Waals surface area contributed by atoms with Crippen molar-refractivity contribution in [3.63, 3.8) is 0 Å². The molecule has 0 radical (unpaired) electrons. The van der Waals surface area contributed by atoms with E-state index in [1.54, 1.807) is 0 Å². The Kier molecular flexibility index (Phi) is 2.65. The first-order chi connectivity index (χ1) is 5.66. The predicted molar refractivity (Wildman–Crippen MR) is 57.0 cm³/mol. The highest BCUT2D eigenvalue weighted by Crippen LogP contribution is 2.41. The van der Waals surface area contributed by atoms with Crippen molar-refractivity contribution < 1.29 is 8.85 Å². The van der Waals surface area contributed by atoms with Gasteiger partial charge in [0.05, 0.1) is 0 Å². The minimum absolute atomic E-state index is 0.170. The van der Waals surface area contributed by atoms with E-state index in [9.17, 15) is 0 Å². The summed E-state index contributed by atoms with van der Waals surface area (Å²) in [6.45, 7) is 14.8. The van der Waals surface area contributed by atoms with Crippen LogP contribution in [0.1, 0.15) is 34.6 Å². The minimum atomic E-state index is -1.93. The average molecular weight is 202 g/mol. The molecule has 0 aromatic rings. The molecule has 0 amide bonds. The van der Waals surface area contributed by atoms with Gasteiger partial charge in [0.2, 0.25) is 0 Å². The lowest BCUT2D eigenvalue weighted by Gasteiger charge is -2.46. The molecule has 0 bridgehead atoms. The van der Waals surface area contributed by atoms with Crippen molar-refractivity contribution >= 4 is 8.56 Å². The predicted octanol–water partition coefficient (Wildman–Crippen LogP) is 2.93. The van der Waals surface area contributed by atoms with Gasteiger partial charge in [0, 0.05) is 23.7 Å². The molecule has 0 aromatic carbocycles. The highest BCUT2D eigenvalue weighted by atomic mass is 28.4. The second-order valence-corrected chi connectivity index (χ2v) is 9.91. The third-order valence-corrected chi connectivity index (χ3v) is 6.95. The van der Waals surface area contributed by atoms with Gasteiger partial charge in [0.1, 0.15) is 0 Å². The maximum absolute atomic E-state index is 5.96. The van der Waals surface area contributed by atoms with Crippen molar-refractivity contribution in [2.75, 3.05) is 13.2 Å². The maximum atomic E-state index is 5.96. The fourth-order valence-corrected chi connectivity index (χ4v) is 3.46. The van der Waals surface area contributed by atoms with Crippen LogP contribution in [0.5, 0.6) is 0 Å². The molecule has 3 heteroatoms. The number of hydrogen-bond acceptors (Lipinski definition) is 2. The van der Waals surface area contributed by atoms with Crippen LogP contribution in [0.2, 0.25) is 11.6 Å². The van der Waals surface area contributed by atoms with Gasteiger partial charge in [0.25, 0.3) is 0 Å². The maximum Gasteiger partial charge on any atom is 0.340 e. The second kappa shape index (κ2) is 3.07. The molecule has 2 nitrogen and oxygen atoms in total. The van der Waals surface area contributed by atoms with Crippen molar-refractivity contribution in [2.45, 2.75) is 46.2 Å². The molecule has 1 fully saturated rings. The lowest BCUT2D eigenvalue weighted by atomic mass is 9.97.